The molecular weight excluding hydrogens is 348 g/mol. The summed E-state index contributed by atoms with van der Waals surface area (Å²) in [5.41, 5.74) is 3.29. The molecule has 0 radical (unpaired) electrons. The van der Waals surface area contributed by atoms with Crippen LogP contribution < -0.4 is 5.32 Å². The van der Waals surface area contributed by atoms with E-state index in [0.717, 1.165) is 24.1 Å². The summed E-state index contributed by atoms with van der Waals surface area (Å²) < 4.78 is 26.4. The Bertz CT molecular complexity index is 1010. The van der Waals surface area contributed by atoms with Gasteiger partial charge in [0.05, 0.1) is 0 Å². The Morgan fingerprint density at radius 1 is 1.00 bits per heavy atom. The first-order valence-corrected chi connectivity index (χ1v) is 8.64. The molecule has 0 saturated carbocycles. The van der Waals surface area contributed by atoms with Crippen LogP contribution in [0.1, 0.15) is 21.5 Å². The molecule has 4 nitrogen and oxygen atoms in total. The van der Waals surface area contributed by atoms with Crippen molar-refractivity contribution in [2.75, 3.05) is 11.9 Å². The van der Waals surface area contributed by atoms with E-state index < -0.39 is 11.6 Å². The van der Waals surface area contributed by atoms with E-state index in [1.54, 1.807) is 17.0 Å². The van der Waals surface area contributed by atoms with Crippen LogP contribution in [0.5, 0.6) is 0 Å². The molecular formula is C21H17F2N3O. The molecule has 6 heteroatoms. The molecule has 1 amide bonds. The third-order valence-electron chi connectivity index (χ3n) is 4.62. The molecule has 136 valence electrons. The molecule has 27 heavy (non-hydrogen) atoms. The van der Waals surface area contributed by atoms with Crippen LogP contribution >= 0.6 is 0 Å². The van der Waals surface area contributed by atoms with E-state index in [1.807, 2.05) is 18.2 Å². The van der Waals surface area contributed by atoms with Crippen molar-refractivity contribution in [2.24, 2.45) is 0 Å². The lowest BCUT2D eigenvalue weighted by molar-refractivity contribution is 0.0734. The smallest absolute Gasteiger partial charge is 0.254 e. The highest BCUT2D eigenvalue weighted by Crippen LogP contribution is 2.22. The van der Waals surface area contributed by atoms with Gasteiger partial charge in [0.2, 0.25) is 0 Å². The van der Waals surface area contributed by atoms with Crippen LogP contribution in [0.3, 0.4) is 0 Å². The van der Waals surface area contributed by atoms with Crippen LogP contribution in [-0.2, 0) is 13.0 Å². The van der Waals surface area contributed by atoms with E-state index in [9.17, 15) is 13.6 Å². The van der Waals surface area contributed by atoms with Gasteiger partial charge in [-0.15, -0.1) is 0 Å². The Balaban J connectivity index is 1.52. The largest absolute Gasteiger partial charge is 0.340 e. The molecule has 4 rings (SSSR count). The topological polar surface area (TPSA) is 45.2 Å². The molecule has 0 spiro atoms. The van der Waals surface area contributed by atoms with Crippen LogP contribution in [0.25, 0.3) is 0 Å². The van der Waals surface area contributed by atoms with Gasteiger partial charge >= 0.3 is 0 Å². The number of halogens is 2. The van der Waals surface area contributed by atoms with Crippen LogP contribution in [0.2, 0.25) is 0 Å². The predicted molar refractivity (Wildman–Crippen MR) is 98.8 cm³/mol. The van der Waals surface area contributed by atoms with Gasteiger partial charge in [0.15, 0.2) is 11.6 Å². The van der Waals surface area contributed by atoms with Gasteiger partial charge in [-0.1, -0.05) is 24.3 Å². The number of hydrogen-bond acceptors (Lipinski definition) is 3. The average molecular weight is 365 g/mol. The summed E-state index contributed by atoms with van der Waals surface area (Å²) >= 11 is 0. The molecule has 0 fully saturated rings. The van der Waals surface area contributed by atoms with Gasteiger partial charge in [-0.05, 0) is 41.8 Å². The second-order valence-electron chi connectivity index (χ2n) is 6.43. The molecule has 3 aromatic rings. The first-order valence-electron chi connectivity index (χ1n) is 8.64. The monoisotopic (exact) mass is 365 g/mol. The summed E-state index contributed by atoms with van der Waals surface area (Å²) in [5.74, 6) is -1.55. The fraction of sp³-hybridized carbons (Fsp3) is 0.143. The molecule has 1 aromatic heterocycles. The van der Waals surface area contributed by atoms with E-state index >= 15 is 0 Å². The Hall–Kier alpha value is -3.28. The van der Waals surface area contributed by atoms with Crippen LogP contribution in [-0.4, -0.2) is 22.3 Å². The molecule has 0 bridgehead atoms. The zero-order valence-electron chi connectivity index (χ0n) is 14.5. The second-order valence-corrected chi connectivity index (χ2v) is 6.43. The quantitative estimate of drug-likeness (QED) is 0.753. The van der Waals surface area contributed by atoms with Crippen molar-refractivity contribution in [1.82, 2.24) is 9.88 Å². The Labute approximate surface area is 155 Å². The SMILES string of the molecule is O=C(c1ccnc(Nc2ccc(F)c(F)c2)c1)N1CCc2ccccc2C1. The zero-order chi connectivity index (χ0) is 18.8. The number of rotatable bonds is 3. The van der Waals surface area contributed by atoms with Gasteiger partial charge in [-0.2, -0.15) is 0 Å². The summed E-state index contributed by atoms with van der Waals surface area (Å²) in [6, 6.07) is 14.9. The van der Waals surface area contributed by atoms with Crippen molar-refractivity contribution in [3.63, 3.8) is 0 Å². The zero-order valence-corrected chi connectivity index (χ0v) is 14.5. The first kappa shape index (κ1) is 17.1. The van der Waals surface area contributed by atoms with Crippen molar-refractivity contribution in [1.29, 1.82) is 0 Å². The van der Waals surface area contributed by atoms with Crippen molar-refractivity contribution in [3.8, 4) is 0 Å². The number of hydrogen-bond donors (Lipinski definition) is 1. The molecule has 1 N–H and O–H groups in total. The predicted octanol–water partition coefficient (Wildman–Crippen LogP) is 4.30. The lowest BCUT2D eigenvalue weighted by Crippen LogP contribution is -2.35. The normalized spacial score (nSPS) is 13.2. The Morgan fingerprint density at radius 3 is 2.63 bits per heavy atom. The number of nitrogens with zero attached hydrogens (tertiary/aromatic N) is 2. The maximum atomic E-state index is 13.4. The van der Waals surface area contributed by atoms with E-state index in [1.165, 1.54) is 17.8 Å². The van der Waals surface area contributed by atoms with Crippen molar-refractivity contribution >= 4 is 17.4 Å². The van der Waals surface area contributed by atoms with E-state index in [0.29, 0.717) is 30.2 Å². The number of aromatic nitrogens is 1. The minimum absolute atomic E-state index is 0.0831. The van der Waals surface area contributed by atoms with E-state index in [-0.39, 0.29) is 5.91 Å². The number of amides is 1. The molecule has 1 aliphatic rings. The van der Waals surface area contributed by atoms with Crippen LogP contribution in [0.4, 0.5) is 20.3 Å². The molecule has 1 aliphatic heterocycles. The summed E-state index contributed by atoms with van der Waals surface area (Å²) in [4.78, 5) is 18.8. The minimum atomic E-state index is -0.945. The summed E-state index contributed by atoms with van der Waals surface area (Å²) in [7, 11) is 0. The third-order valence-corrected chi connectivity index (χ3v) is 4.62. The van der Waals surface area contributed by atoms with Crippen molar-refractivity contribution < 1.29 is 13.6 Å². The Morgan fingerprint density at radius 2 is 1.81 bits per heavy atom. The molecule has 2 aromatic carbocycles. The van der Waals surface area contributed by atoms with Gasteiger partial charge < -0.3 is 10.2 Å². The molecule has 0 saturated heterocycles. The highest BCUT2D eigenvalue weighted by atomic mass is 19.2. The minimum Gasteiger partial charge on any atom is -0.340 e. The van der Waals surface area contributed by atoms with Gasteiger partial charge in [0.25, 0.3) is 5.91 Å². The van der Waals surface area contributed by atoms with Gasteiger partial charge in [0.1, 0.15) is 5.82 Å². The maximum absolute atomic E-state index is 13.4. The summed E-state index contributed by atoms with van der Waals surface area (Å²) in [6.07, 6.45) is 2.35. The van der Waals surface area contributed by atoms with Crippen LogP contribution in [0.15, 0.2) is 60.8 Å². The number of fused-ring (bicyclic) bond motifs is 1. The average Bonchev–Trinajstić information content (AvgIpc) is 2.70. The lowest BCUT2D eigenvalue weighted by Gasteiger charge is -2.29. The van der Waals surface area contributed by atoms with Gasteiger partial charge in [0, 0.05) is 36.6 Å². The maximum Gasteiger partial charge on any atom is 0.254 e. The van der Waals surface area contributed by atoms with Crippen molar-refractivity contribution in [2.45, 2.75) is 13.0 Å². The molecule has 0 aliphatic carbocycles. The summed E-state index contributed by atoms with van der Waals surface area (Å²) in [5, 5.41) is 2.90. The van der Waals surface area contributed by atoms with Gasteiger partial charge in [-0.25, -0.2) is 13.8 Å². The number of anilines is 2. The van der Waals surface area contributed by atoms with E-state index in [2.05, 4.69) is 16.4 Å². The highest BCUT2D eigenvalue weighted by molar-refractivity contribution is 5.95. The van der Waals surface area contributed by atoms with Crippen molar-refractivity contribution in [3.05, 3.63) is 89.1 Å². The number of nitrogens with one attached hydrogen (secondary N) is 1. The second kappa shape index (κ2) is 7.15. The first-order chi connectivity index (χ1) is 13.1. The fourth-order valence-electron chi connectivity index (χ4n) is 3.21. The number of carbonyl (C=O) groups is 1. The Kier molecular flexibility index (Phi) is 4.54. The van der Waals surface area contributed by atoms with E-state index in [4.69, 9.17) is 0 Å². The lowest BCUT2D eigenvalue weighted by atomic mass is 9.99. The number of pyridine rings is 1. The highest BCUT2D eigenvalue weighted by Gasteiger charge is 2.21. The number of benzene rings is 2. The third kappa shape index (κ3) is 3.65. The molecule has 2 heterocycles. The standard InChI is InChI=1S/C21H17F2N3O/c22-18-6-5-17(12-19(18)23)25-20-11-15(7-9-24-20)21(27)26-10-8-14-3-1-2-4-16(14)13-26/h1-7,9,11-12H,8,10,13H2,(H,24,25). The van der Waals surface area contributed by atoms with Crippen LogP contribution in [0, 0.1) is 11.6 Å². The summed E-state index contributed by atoms with van der Waals surface area (Å²) in [6.45, 7) is 1.23. The number of carbonyl (C=O) groups excluding carboxylic acids is 1. The van der Waals surface area contributed by atoms with Gasteiger partial charge in [-0.3, -0.25) is 4.79 Å². The fourth-order valence-corrected chi connectivity index (χ4v) is 3.21. The molecule has 0 atom stereocenters. The molecule has 0 unspecified atom stereocenters.